The molecule has 59 heavy (non-hydrogen) atoms. The Hall–Kier alpha value is -1.59. The molecule has 9 nitrogen and oxygen atoms in total. The van der Waals surface area contributed by atoms with Crippen LogP contribution in [0.4, 0.5) is 0 Å². The summed E-state index contributed by atoms with van der Waals surface area (Å²) in [5, 5.41) is 54.2. The third kappa shape index (κ3) is 31.0. The number of hydrogen-bond acceptors (Lipinski definition) is 8. The van der Waals surface area contributed by atoms with Crippen molar-refractivity contribution in [2.75, 3.05) is 13.2 Å². The Morgan fingerprint density at radius 1 is 0.559 bits per heavy atom. The van der Waals surface area contributed by atoms with Gasteiger partial charge < -0.3 is 40.3 Å². The van der Waals surface area contributed by atoms with Gasteiger partial charge in [-0.1, -0.05) is 204 Å². The van der Waals surface area contributed by atoms with E-state index in [1.54, 1.807) is 6.08 Å². The average Bonchev–Trinajstić information content (AvgIpc) is 3.23. The van der Waals surface area contributed by atoms with E-state index in [1.807, 2.05) is 6.08 Å². The first-order valence-corrected chi connectivity index (χ1v) is 24.7. The molecular weight excluding hydrogens is 743 g/mol. The Morgan fingerprint density at radius 2 is 0.966 bits per heavy atom. The van der Waals surface area contributed by atoms with E-state index in [0.717, 1.165) is 44.9 Å². The van der Waals surface area contributed by atoms with E-state index < -0.39 is 49.5 Å². The van der Waals surface area contributed by atoms with Crippen molar-refractivity contribution in [2.45, 2.75) is 262 Å². The highest BCUT2D eigenvalue weighted by Crippen LogP contribution is 2.23. The SMILES string of the molecule is CCCCCCCCCCCCCCC/C=C/CC/C=C/CC/C=C/C(O)C(COC1OC(CO)C(O)C(O)C1O)NC(=O)CCCCCCCCCCCCCCC. The van der Waals surface area contributed by atoms with Crippen LogP contribution < -0.4 is 5.32 Å². The fourth-order valence-corrected chi connectivity index (χ4v) is 7.72. The first-order chi connectivity index (χ1) is 28.8. The van der Waals surface area contributed by atoms with Crippen molar-refractivity contribution in [3.8, 4) is 0 Å². The summed E-state index contributed by atoms with van der Waals surface area (Å²) in [4.78, 5) is 12.9. The van der Waals surface area contributed by atoms with Crippen molar-refractivity contribution in [2.24, 2.45) is 0 Å². The average molecular weight is 836 g/mol. The highest BCUT2D eigenvalue weighted by atomic mass is 16.7. The Bertz CT molecular complexity index is 1020. The van der Waals surface area contributed by atoms with Crippen LogP contribution in [0.1, 0.15) is 219 Å². The molecule has 1 aliphatic rings. The van der Waals surface area contributed by atoms with Gasteiger partial charge in [0.15, 0.2) is 6.29 Å². The van der Waals surface area contributed by atoms with E-state index in [2.05, 4.69) is 43.5 Å². The van der Waals surface area contributed by atoms with Gasteiger partial charge in [-0.15, -0.1) is 0 Å². The van der Waals surface area contributed by atoms with Crippen molar-refractivity contribution in [1.82, 2.24) is 5.32 Å². The summed E-state index contributed by atoms with van der Waals surface area (Å²) in [6.07, 6.45) is 43.4. The number of unbranched alkanes of at least 4 members (excludes halogenated alkanes) is 27. The highest BCUT2D eigenvalue weighted by molar-refractivity contribution is 5.76. The number of hydrogen-bond donors (Lipinski definition) is 6. The molecule has 0 saturated carbocycles. The van der Waals surface area contributed by atoms with Crippen LogP contribution in [0.25, 0.3) is 0 Å². The van der Waals surface area contributed by atoms with Gasteiger partial charge in [0, 0.05) is 6.42 Å². The van der Waals surface area contributed by atoms with E-state index in [4.69, 9.17) is 9.47 Å². The van der Waals surface area contributed by atoms with Gasteiger partial charge in [0.1, 0.15) is 24.4 Å². The summed E-state index contributed by atoms with van der Waals surface area (Å²) in [6, 6.07) is -0.824. The van der Waals surface area contributed by atoms with Gasteiger partial charge in [0.25, 0.3) is 0 Å². The lowest BCUT2D eigenvalue weighted by Crippen LogP contribution is -2.60. The van der Waals surface area contributed by atoms with Crippen LogP contribution in [-0.4, -0.2) is 87.5 Å². The lowest BCUT2D eigenvalue weighted by molar-refractivity contribution is -0.302. The van der Waals surface area contributed by atoms with Gasteiger partial charge in [0.2, 0.25) is 5.91 Å². The Labute approximate surface area is 361 Å². The van der Waals surface area contributed by atoms with Crippen molar-refractivity contribution in [3.63, 3.8) is 0 Å². The van der Waals surface area contributed by atoms with Crippen molar-refractivity contribution < 1.29 is 39.8 Å². The molecule has 1 fully saturated rings. The van der Waals surface area contributed by atoms with E-state index >= 15 is 0 Å². The molecule has 7 unspecified atom stereocenters. The van der Waals surface area contributed by atoms with Gasteiger partial charge in [-0.05, 0) is 44.9 Å². The zero-order chi connectivity index (χ0) is 43.0. The molecule has 0 aliphatic carbocycles. The number of aliphatic hydroxyl groups excluding tert-OH is 5. The number of ether oxygens (including phenoxy) is 2. The predicted molar refractivity (Wildman–Crippen MR) is 244 cm³/mol. The van der Waals surface area contributed by atoms with Gasteiger partial charge in [-0.25, -0.2) is 0 Å². The molecule has 1 saturated heterocycles. The number of allylic oxidation sites excluding steroid dienone is 5. The maximum Gasteiger partial charge on any atom is 0.220 e. The quantitative estimate of drug-likeness (QED) is 0.0263. The smallest absolute Gasteiger partial charge is 0.220 e. The molecule has 0 spiro atoms. The molecule has 6 N–H and O–H groups in total. The van der Waals surface area contributed by atoms with Crippen molar-refractivity contribution >= 4 is 5.91 Å². The minimum absolute atomic E-state index is 0.191. The van der Waals surface area contributed by atoms with E-state index in [-0.39, 0.29) is 12.5 Å². The van der Waals surface area contributed by atoms with Crippen LogP contribution in [0, 0.1) is 0 Å². The monoisotopic (exact) mass is 836 g/mol. The van der Waals surface area contributed by atoms with E-state index in [9.17, 15) is 30.3 Å². The second kappa shape index (κ2) is 40.5. The van der Waals surface area contributed by atoms with Crippen LogP contribution in [0.5, 0.6) is 0 Å². The molecule has 0 aromatic heterocycles. The summed E-state index contributed by atoms with van der Waals surface area (Å²) < 4.78 is 11.2. The molecule has 0 aromatic rings. The molecule has 346 valence electrons. The molecule has 1 amide bonds. The number of aliphatic hydroxyl groups is 5. The van der Waals surface area contributed by atoms with Crippen LogP contribution in [0.2, 0.25) is 0 Å². The Kier molecular flexibility index (Phi) is 38.0. The molecule has 1 rings (SSSR count). The first kappa shape index (κ1) is 55.4. The second-order valence-electron chi connectivity index (χ2n) is 17.2. The number of rotatable bonds is 41. The largest absolute Gasteiger partial charge is 0.394 e. The third-order valence-corrected chi connectivity index (χ3v) is 11.7. The van der Waals surface area contributed by atoms with Crippen molar-refractivity contribution in [3.05, 3.63) is 36.5 Å². The summed E-state index contributed by atoms with van der Waals surface area (Å²) >= 11 is 0. The number of carbonyl (C=O) groups is 1. The maximum atomic E-state index is 12.9. The topological polar surface area (TPSA) is 149 Å². The number of amides is 1. The van der Waals surface area contributed by atoms with E-state index in [1.165, 1.54) is 154 Å². The van der Waals surface area contributed by atoms with Gasteiger partial charge in [0.05, 0.1) is 25.4 Å². The fourth-order valence-electron chi connectivity index (χ4n) is 7.72. The number of nitrogens with one attached hydrogen (secondary N) is 1. The normalized spacial score (nSPS) is 21.0. The second-order valence-corrected chi connectivity index (χ2v) is 17.2. The fraction of sp³-hybridized carbons (Fsp3) is 0.860. The third-order valence-electron chi connectivity index (χ3n) is 11.7. The van der Waals surface area contributed by atoms with Crippen LogP contribution in [-0.2, 0) is 14.3 Å². The summed E-state index contributed by atoms with van der Waals surface area (Å²) in [5.74, 6) is -0.191. The maximum absolute atomic E-state index is 12.9. The highest BCUT2D eigenvalue weighted by Gasteiger charge is 2.44. The van der Waals surface area contributed by atoms with Gasteiger partial charge in [-0.3, -0.25) is 4.79 Å². The molecule has 9 heteroatoms. The summed E-state index contributed by atoms with van der Waals surface area (Å²) in [7, 11) is 0. The van der Waals surface area contributed by atoms with Gasteiger partial charge in [-0.2, -0.15) is 0 Å². The summed E-state index contributed by atoms with van der Waals surface area (Å²) in [5.41, 5.74) is 0. The molecule has 7 atom stereocenters. The molecule has 1 heterocycles. The molecule has 1 aliphatic heterocycles. The Balaban J connectivity index is 2.34. The molecular formula is C50H93NO8. The lowest BCUT2D eigenvalue weighted by atomic mass is 9.99. The number of carbonyl (C=O) groups excluding carboxylic acids is 1. The van der Waals surface area contributed by atoms with Gasteiger partial charge >= 0.3 is 0 Å². The van der Waals surface area contributed by atoms with Crippen LogP contribution in [0.3, 0.4) is 0 Å². The zero-order valence-electron chi connectivity index (χ0n) is 38.0. The van der Waals surface area contributed by atoms with Crippen LogP contribution in [0.15, 0.2) is 36.5 Å². The van der Waals surface area contributed by atoms with Crippen molar-refractivity contribution in [1.29, 1.82) is 0 Å². The van der Waals surface area contributed by atoms with Crippen LogP contribution >= 0.6 is 0 Å². The Morgan fingerprint density at radius 3 is 1.42 bits per heavy atom. The van der Waals surface area contributed by atoms with E-state index in [0.29, 0.717) is 6.42 Å². The first-order valence-electron chi connectivity index (χ1n) is 24.7. The molecule has 0 bridgehead atoms. The molecule has 0 radical (unpaired) electrons. The predicted octanol–water partition coefficient (Wildman–Crippen LogP) is 10.8. The minimum Gasteiger partial charge on any atom is -0.394 e. The summed E-state index contributed by atoms with van der Waals surface area (Å²) in [6.45, 7) is 3.76. The minimum atomic E-state index is -1.57. The lowest BCUT2D eigenvalue weighted by Gasteiger charge is -2.40. The standard InChI is InChI=1S/C50H93NO8/c1-3-5-7-9-11-13-15-17-18-19-20-21-22-23-24-25-26-28-29-31-33-35-37-39-44(53)43(42-58-50-49(57)48(56)47(55)45(41-52)59-50)51-46(54)40-38-36-34-32-30-27-16-14-12-10-8-6-4-2/h24-25,29,31,37,39,43-45,47-50,52-53,55-57H,3-23,26-28,30,32-36,38,40-42H2,1-2H3,(H,51,54)/b25-24+,31-29+,39-37+. The molecule has 0 aromatic carbocycles. The zero-order valence-corrected chi connectivity index (χ0v) is 38.0.